The van der Waals surface area contributed by atoms with Crippen LogP contribution >= 0.6 is 0 Å². The molecule has 1 atom stereocenters. The van der Waals surface area contributed by atoms with E-state index < -0.39 is 16.1 Å². The minimum atomic E-state index is -3.64. The van der Waals surface area contributed by atoms with Crippen molar-refractivity contribution in [2.75, 3.05) is 25.5 Å². The molecule has 0 spiro atoms. The van der Waals surface area contributed by atoms with E-state index in [0.29, 0.717) is 24.5 Å². The number of ether oxygens (including phenoxy) is 2. The van der Waals surface area contributed by atoms with Crippen LogP contribution in [0.2, 0.25) is 0 Å². The molecule has 9 nitrogen and oxygen atoms in total. The number of anilines is 1. The normalized spacial score (nSPS) is 17.7. The first-order valence-electron chi connectivity index (χ1n) is 7.87. The highest BCUT2D eigenvalue weighted by Crippen LogP contribution is 2.24. The molecular weight excluding hydrogens is 360 g/mol. The summed E-state index contributed by atoms with van der Waals surface area (Å²) in [6.07, 6.45) is 4.22. The molecule has 0 saturated carbocycles. The van der Waals surface area contributed by atoms with E-state index in [9.17, 15) is 13.2 Å². The van der Waals surface area contributed by atoms with Crippen molar-refractivity contribution in [2.24, 2.45) is 0 Å². The largest absolute Gasteiger partial charge is 0.472 e. The smallest absolute Gasteiger partial charge is 0.411 e. The third-order valence-corrected chi connectivity index (χ3v) is 5.74. The van der Waals surface area contributed by atoms with Gasteiger partial charge in [-0.1, -0.05) is 0 Å². The average Bonchev–Trinajstić information content (AvgIpc) is 3.12. The van der Waals surface area contributed by atoms with Crippen molar-refractivity contribution in [1.82, 2.24) is 14.3 Å². The van der Waals surface area contributed by atoms with Crippen LogP contribution in [0.3, 0.4) is 0 Å². The van der Waals surface area contributed by atoms with E-state index in [4.69, 9.17) is 4.74 Å². The minimum Gasteiger partial charge on any atom is -0.472 e. The summed E-state index contributed by atoms with van der Waals surface area (Å²) in [6, 6.07) is 5.90. The minimum absolute atomic E-state index is 0.146. The molecule has 2 aromatic rings. The molecule has 1 fully saturated rings. The Kier molecular flexibility index (Phi) is 5.33. The summed E-state index contributed by atoms with van der Waals surface area (Å²) in [4.78, 5) is 19.3. The van der Waals surface area contributed by atoms with E-state index >= 15 is 0 Å². The van der Waals surface area contributed by atoms with Gasteiger partial charge in [0.2, 0.25) is 15.9 Å². The van der Waals surface area contributed by atoms with Gasteiger partial charge in [-0.3, -0.25) is 10.3 Å². The second-order valence-electron chi connectivity index (χ2n) is 5.58. The number of carbonyl (C=O) groups excluding carboxylic acids is 1. The van der Waals surface area contributed by atoms with Gasteiger partial charge in [-0.2, -0.15) is 4.31 Å². The molecular formula is C16H18N4O5S. The van der Waals surface area contributed by atoms with Crippen molar-refractivity contribution in [1.29, 1.82) is 0 Å². The van der Waals surface area contributed by atoms with Crippen molar-refractivity contribution in [3.05, 3.63) is 42.9 Å². The van der Waals surface area contributed by atoms with Crippen molar-refractivity contribution in [3.8, 4) is 5.88 Å². The molecule has 10 heteroatoms. The van der Waals surface area contributed by atoms with E-state index in [0.717, 1.165) is 0 Å². The van der Waals surface area contributed by atoms with Gasteiger partial charge in [-0.25, -0.2) is 18.2 Å². The van der Waals surface area contributed by atoms with Crippen LogP contribution in [0.25, 0.3) is 0 Å². The zero-order chi connectivity index (χ0) is 18.6. The Balaban J connectivity index is 1.66. The predicted octanol–water partition coefficient (Wildman–Crippen LogP) is 1.50. The van der Waals surface area contributed by atoms with Gasteiger partial charge in [0.15, 0.2) is 0 Å². The third kappa shape index (κ3) is 4.09. The molecule has 0 bridgehead atoms. The topological polar surface area (TPSA) is 111 Å². The Bertz CT molecular complexity index is 858. The summed E-state index contributed by atoms with van der Waals surface area (Å²) < 4.78 is 37.0. The number of carbonyl (C=O) groups is 1. The average molecular weight is 378 g/mol. The molecule has 3 rings (SSSR count). The van der Waals surface area contributed by atoms with Crippen LogP contribution in [0.5, 0.6) is 5.88 Å². The molecule has 1 saturated heterocycles. The molecule has 1 unspecified atom stereocenters. The maximum absolute atomic E-state index is 12.8. The highest BCUT2D eigenvalue weighted by molar-refractivity contribution is 7.89. The molecule has 0 aliphatic carbocycles. The van der Waals surface area contributed by atoms with Crippen molar-refractivity contribution >= 4 is 21.8 Å². The number of nitrogens with one attached hydrogen (secondary N) is 1. The number of amides is 1. The SMILES string of the molecule is COC(=O)Nc1ccc(S(=O)(=O)N2CCC(Oc3cnccn3)C2)cc1. The summed E-state index contributed by atoms with van der Waals surface area (Å²) in [5, 5.41) is 2.47. The van der Waals surface area contributed by atoms with Gasteiger partial charge < -0.3 is 9.47 Å². The van der Waals surface area contributed by atoms with Crippen LogP contribution in [0.1, 0.15) is 6.42 Å². The van der Waals surface area contributed by atoms with Gasteiger partial charge in [-0.15, -0.1) is 0 Å². The maximum atomic E-state index is 12.8. The van der Waals surface area contributed by atoms with Crippen LogP contribution in [0.15, 0.2) is 47.8 Å². The summed E-state index contributed by atoms with van der Waals surface area (Å²) in [5.41, 5.74) is 0.445. The fraction of sp³-hybridized carbons (Fsp3) is 0.312. The number of aromatic nitrogens is 2. The molecule has 1 aromatic heterocycles. The fourth-order valence-corrected chi connectivity index (χ4v) is 4.04. The molecule has 1 aromatic carbocycles. The van der Waals surface area contributed by atoms with Crippen molar-refractivity contribution < 1.29 is 22.7 Å². The monoisotopic (exact) mass is 378 g/mol. The Morgan fingerprint density at radius 3 is 2.69 bits per heavy atom. The fourth-order valence-electron chi connectivity index (χ4n) is 2.56. The Labute approximate surface area is 151 Å². The van der Waals surface area contributed by atoms with Gasteiger partial charge >= 0.3 is 6.09 Å². The lowest BCUT2D eigenvalue weighted by atomic mass is 10.3. The highest BCUT2D eigenvalue weighted by Gasteiger charge is 2.33. The second kappa shape index (κ2) is 7.67. The number of methoxy groups -OCH3 is 1. The lowest BCUT2D eigenvalue weighted by Gasteiger charge is -2.17. The number of hydrogen-bond acceptors (Lipinski definition) is 7. The molecule has 0 radical (unpaired) electrons. The molecule has 26 heavy (non-hydrogen) atoms. The van der Waals surface area contributed by atoms with Gasteiger partial charge in [0, 0.05) is 24.6 Å². The van der Waals surface area contributed by atoms with E-state index in [-0.39, 0.29) is 17.5 Å². The van der Waals surface area contributed by atoms with E-state index in [1.807, 2.05) is 0 Å². The van der Waals surface area contributed by atoms with Crippen LogP contribution in [-0.4, -0.2) is 55.1 Å². The number of benzene rings is 1. The Morgan fingerprint density at radius 2 is 2.04 bits per heavy atom. The van der Waals surface area contributed by atoms with Gasteiger partial charge in [0.25, 0.3) is 0 Å². The van der Waals surface area contributed by atoms with E-state index in [2.05, 4.69) is 20.0 Å². The van der Waals surface area contributed by atoms with Crippen molar-refractivity contribution in [3.63, 3.8) is 0 Å². The second-order valence-corrected chi connectivity index (χ2v) is 7.51. The molecule has 138 valence electrons. The first kappa shape index (κ1) is 18.1. The van der Waals surface area contributed by atoms with Crippen LogP contribution in [0.4, 0.5) is 10.5 Å². The number of rotatable bonds is 5. The van der Waals surface area contributed by atoms with Gasteiger partial charge in [-0.05, 0) is 30.7 Å². The van der Waals surface area contributed by atoms with Gasteiger partial charge in [0.05, 0.1) is 24.7 Å². The van der Waals surface area contributed by atoms with E-state index in [1.54, 1.807) is 0 Å². The molecule has 1 aliphatic rings. The summed E-state index contributed by atoms with van der Waals surface area (Å²) in [7, 11) is -2.39. The number of sulfonamides is 1. The zero-order valence-electron chi connectivity index (χ0n) is 14.0. The van der Waals surface area contributed by atoms with Crippen LogP contribution < -0.4 is 10.1 Å². The summed E-state index contributed by atoms with van der Waals surface area (Å²) >= 11 is 0. The van der Waals surface area contributed by atoms with Crippen molar-refractivity contribution in [2.45, 2.75) is 17.4 Å². The Hall–Kier alpha value is -2.72. The first-order chi connectivity index (χ1) is 12.5. The van der Waals surface area contributed by atoms with Crippen LogP contribution in [-0.2, 0) is 14.8 Å². The molecule has 1 amide bonds. The lowest BCUT2D eigenvalue weighted by molar-refractivity contribution is 0.187. The highest BCUT2D eigenvalue weighted by atomic mass is 32.2. The summed E-state index contributed by atoms with van der Waals surface area (Å²) in [6.45, 7) is 0.594. The van der Waals surface area contributed by atoms with E-state index in [1.165, 1.54) is 54.3 Å². The summed E-state index contributed by atoms with van der Waals surface area (Å²) in [5.74, 6) is 0.370. The standard InChI is InChI=1S/C16H18N4O5S/c1-24-16(21)19-12-2-4-14(5-3-12)26(22,23)20-9-6-13(11-20)25-15-10-17-7-8-18-15/h2-5,7-8,10,13H,6,9,11H2,1H3,(H,19,21). The third-order valence-electron chi connectivity index (χ3n) is 3.86. The van der Waals surface area contributed by atoms with Crippen LogP contribution in [0, 0.1) is 0 Å². The molecule has 1 aliphatic heterocycles. The Morgan fingerprint density at radius 1 is 1.27 bits per heavy atom. The van der Waals surface area contributed by atoms with Gasteiger partial charge in [0.1, 0.15) is 6.10 Å². The predicted molar refractivity (Wildman–Crippen MR) is 92.3 cm³/mol. The number of hydrogen-bond donors (Lipinski definition) is 1. The quantitative estimate of drug-likeness (QED) is 0.839. The molecule has 2 heterocycles. The number of nitrogens with zero attached hydrogens (tertiary/aromatic N) is 3. The first-order valence-corrected chi connectivity index (χ1v) is 9.31. The lowest BCUT2D eigenvalue weighted by Crippen LogP contribution is -2.31. The molecule has 1 N–H and O–H groups in total. The maximum Gasteiger partial charge on any atom is 0.411 e. The zero-order valence-corrected chi connectivity index (χ0v) is 14.8.